The Kier molecular flexibility index (Phi) is 3.77. The van der Waals surface area contributed by atoms with Gasteiger partial charge in [-0.3, -0.25) is 14.9 Å². The summed E-state index contributed by atoms with van der Waals surface area (Å²) in [5.74, 6) is 0.664. The zero-order valence-corrected chi connectivity index (χ0v) is 12.8. The number of hydrogen-bond acceptors (Lipinski definition) is 4. The van der Waals surface area contributed by atoms with Crippen LogP contribution in [0.3, 0.4) is 0 Å². The van der Waals surface area contributed by atoms with Crippen LogP contribution in [0.4, 0.5) is 5.69 Å². The minimum Gasteiger partial charge on any atom is -0.480 e. The van der Waals surface area contributed by atoms with Crippen molar-refractivity contribution in [3.05, 3.63) is 73.8 Å². The van der Waals surface area contributed by atoms with Crippen LogP contribution in [-0.2, 0) is 4.79 Å². The molecule has 0 aliphatic carbocycles. The van der Waals surface area contributed by atoms with Gasteiger partial charge in [-0.1, -0.05) is 15.9 Å². The van der Waals surface area contributed by atoms with Crippen molar-refractivity contribution in [1.29, 1.82) is 0 Å². The van der Waals surface area contributed by atoms with Crippen LogP contribution in [-0.4, -0.2) is 11.2 Å². The van der Waals surface area contributed by atoms with Crippen LogP contribution in [0, 0.1) is 10.1 Å². The number of benzene rings is 2. The van der Waals surface area contributed by atoms with E-state index in [-0.39, 0.29) is 5.69 Å². The van der Waals surface area contributed by atoms with E-state index in [2.05, 4.69) is 15.9 Å². The van der Waals surface area contributed by atoms with E-state index in [4.69, 9.17) is 4.74 Å². The van der Waals surface area contributed by atoms with Gasteiger partial charge in [-0.05, 0) is 42.0 Å². The minimum atomic E-state index is -0.563. The fourth-order valence-electron chi connectivity index (χ4n) is 2.32. The first-order valence-electron chi connectivity index (χ1n) is 6.46. The number of non-ortho nitro benzene ring substituents is 1. The van der Waals surface area contributed by atoms with Gasteiger partial charge in [0.05, 0.1) is 4.92 Å². The molecule has 0 saturated heterocycles. The van der Waals surface area contributed by atoms with Crippen molar-refractivity contribution in [3.63, 3.8) is 0 Å². The van der Waals surface area contributed by atoms with Crippen molar-refractivity contribution in [2.75, 3.05) is 0 Å². The molecule has 110 valence electrons. The largest absolute Gasteiger partial charge is 0.480 e. The van der Waals surface area contributed by atoms with Gasteiger partial charge in [0, 0.05) is 27.7 Å². The lowest BCUT2D eigenvalue weighted by molar-refractivity contribution is -0.384. The van der Waals surface area contributed by atoms with Crippen molar-refractivity contribution in [3.8, 4) is 5.75 Å². The Labute approximate surface area is 134 Å². The quantitative estimate of drug-likeness (QED) is 0.470. The van der Waals surface area contributed by atoms with Gasteiger partial charge >= 0.3 is 0 Å². The number of fused-ring (bicyclic) bond motifs is 1. The molecule has 22 heavy (non-hydrogen) atoms. The SMILES string of the molecule is O=CC1=Cc2cc(Br)ccc2O[C@@H]1c1ccc([N+](=O)[O-])cc1. The van der Waals surface area contributed by atoms with Gasteiger partial charge in [0.25, 0.3) is 5.69 Å². The highest BCUT2D eigenvalue weighted by molar-refractivity contribution is 9.10. The summed E-state index contributed by atoms with van der Waals surface area (Å²) in [4.78, 5) is 21.6. The monoisotopic (exact) mass is 359 g/mol. The molecule has 1 aliphatic heterocycles. The molecule has 0 fully saturated rings. The summed E-state index contributed by atoms with van der Waals surface area (Å²) in [6.45, 7) is 0. The molecule has 0 unspecified atom stereocenters. The second-order valence-corrected chi connectivity index (χ2v) is 5.71. The van der Waals surface area contributed by atoms with E-state index >= 15 is 0 Å². The number of nitro groups is 1. The predicted octanol–water partition coefficient (Wildman–Crippen LogP) is 4.07. The van der Waals surface area contributed by atoms with E-state index < -0.39 is 11.0 Å². The van der Waals surface area contributed by atoms with Gasteiger partial charge < -0.3 is 4.74 Å². The highest BCUT2D eigenvalue weighted by Gasteiger charge is 2.24. The maximum Gasteiger partial charge on any atom is 0.269 e. The first-order chi connectivity index (χ1) is 10.6. The maximum absolute atomic E-state index is 11.3. The van der Waals surface area contributed by atoms with Crippen LogP contribution in [0.15, 0.2) is 52.5 Å². The summed E-state index contributed by atoms with van der Waals surface area (Å²) < 4.78 is 6.78. The fourth-order valence-corrected chi connectivity index (χ4v) is 2.70. The normalized spacial score (nSPS) is 16.2. The third-order valence-corrected chi connectivity index (χ3v) is 3.88. The highest BCUT2D eigenvalue weighted by atomic mass is 79.9. The van der Waals surface area contributed by atoms with Crippen molar-refractivity contribution < 1.29 is 14.5 Å². The second kappa shape index (κ2) is 5.73. The Morgan fingerprint density at radius 2 is 1.91 bits per heavy atom. The van der Waals surface area contributed by atoms with Crippen LogP contribution in [0.1, 0.15) is 17.2 Å². The third kappa shape index (κ3) is 2.65. The van der Waals surface area contributed by atoms with Crippen LogP contribution >= 0.6 is 15.9 Å². The summed E-state index contributed by atoms with van der Waals surface area (Å²) >= 11 is 3.38. The average molecular weight is 360 g/mol. The molecule has 1 heterocycles. The van der Waals surface area contributed by atoms with Crippen LogP contribution < -0.4 is 4.74 Å². The number of hydrogen-bond donors (Lipinski definition) is 0. The molecule has 0 aromatic heterocycles. The molecule has 0 spiro atoms. The van der Waals surface area contributed by atoms with Gasteiger partial charge in [0.1, 0.15) is 12.0 Å². The molecule has 0 radical (unpaired) electrons. The van der Waals surface area contributed by atoms with Gasteiger partial charge in [-0.15, -0.1) is 0 Å². The Bertz CT molecular complexity index is 783. The molecule has 6 heteroatoms. The number of carbonyl (C=O) groups excluding carboxylic acids is 1. The zero-order valence-electron chi connectivity index (χ0n) is 11.2. The molecular weight excluding hydrogens is 350 g/mol. The Hall–Kier alpha value is -2.47. The Morgan fingerprint density at radius 1 is 1.18 bits per heavy atom. The number of halogens is 1. The van der Waals surface area contributed by atoms with E-state index in [1.165, 1.54) is 12.1 Å². The molecule has 5 nitrogen and oxygen atoms in total. The summed E-state index contributed by atoms with van der Waals surface area (Å²) in [6.07, 6.45) is 1.95. The number of rotatable bonds is 3. The molecule has 3 rings (SSSR count). The summed E-state index contributed by atoms with van der Waals surface area (Å²) in [5.41, 5.74) is 1.98. The summed E-state index contributed by atoms with van der Waals surface area (Å²) in [7, 11) is 0. The van der Waals surface area contributed by atoms with E-state index in [9.17, 15) is 14.9 Å². The number of ether oxygens (including phenoxy) is 1. The smallest absolute Gasteiger partial charge is 0.269 e. The molecule has 0 bridgehead atoms. The average Bonchev–Trinajstić information content (AvgIpc) is 2.53. The Morgan fingerprint density at radius 3 is 2.55 bits per heavy atom. The lowest BCUT2D eigenvalue weighted by Crippen LogP contribution is -2.15. The van der Waals surface area contributed by atoms with Gasteiger partial charge in [0.15, 0.2) is 6.10 Å². The van der Waals surface area contributed by atoms with E-state index in [1.54, 1.807) is 18.2 Å². The fraction of sp³-hybridized carbons (Fsp3) is 0.0625. The van der Waals surface area contributed by atoms with Crippen molar-refractivity contribution >= 4 is 34.0 Å². The first-order valence-corrected chi connectivity index (χ1v) is 7.25. The van der Waals surface area contributed by atoms with Crippen molar-refractivity contribution in [2.45, 2.75) is 6.10 Å². The topological polar surface area (TPSA) is 69.4 Å². The molecular formula is C16H10BrNO4. The van der Waals surface area contributed by atoms with Crippen LogP contribution in [0.25, 0.3) is 6.08 Å². The molecule has 1 aliphatic rings. The number of carbonyl (C=O) groups is 1. The van der Waals surface area contributed by atoms with Gasteiger partial charge in [-0.25, -0.2) is 0 Å². The molecule has 2 aromatic rings. The number of aldehydes is 1. The predicted molar refractivity (Wildman–Crippen MR) is 84.6 cm³/mol. The summed E-state index contributed by atoms with van der Waals surface area (Å²) in [5, 5.41) is 10.7. The van der Waals surface area contributed by atoms with E-state index in [0.29, 0.717) is 16.9 Å². The Balaban J connectivity index is 2.00. The van der Waals surface area contributed by atoms with Crippen molar-refractivity contribution in [2.24, 2.45) is 0 Å². The molecule has 1 atom stereocenters. The zero-order chi connectivity index (χ0) is 15.7. The minimum absolute atomic E-state index is 0.000484. The molecule has 0 amide bonds. The number of nitro benzene ring substituents is 1. The van der Waals surface area contributed by atoms with E-state index in [0.717, 1.165) is 16.3 Å². The van der Waals surface area contributed by atoms with Gasteiger partial charge in [-0.2, -0.15) is 0 Å². The first kappa shape index (κ1) is 14.5. The third-order valence-electron chi connectivity index (χ3n) is 3.38. The lowest BCUT2D eigenvalue weighted by Gasteiger charge is -2.25. The second-order valence-electron chi connectivity index (χ2n) is 4.79. The highest BCUT2D eigenvalue weighted by Crippen LogP contribution is 2.38. The number of nitrogens with zero attached hydrogens (tertiary/aromatic N) is 1. The molecule has 2 aromatic carbocycles. The maximum atomic E-state index is 11.3. The lowest BCUT2D eigenvalue weighted by atomic mass is 9.97. The molecule has 0 saturated carbocycles. The van der Waals surface area contributed by atoms with Crippen LogP contribution in [0.2, 0.25) is 0 Å². The van der Waals surface area contributed by atoms with E-state index in [1.807, 2.05) is 18.2 Å². The standard InChI is InChI=1S/C16H10BrNO4/c17-13-3-6-15-11(8-13)7-12(9-19)16(22-15)10-1-4-14(5-2-10)18(20)21/h1-9,16H/t16-/m1/s1. The van der Waals surface area contributed by atoms with Crippen LogP contribution in [0.5, 0.6) is 5.75 Å². The van der Waals surface area contributed by atoms with Gasteiger partial charge in [0.2, 0.25) is 0 Å². The summed E-state index contributed by atoms with van der Waals surface area (Å²) in [6, 6.07) is 11.5. The molecule has 0 N–H and O–H groups in total. The van der Waals surface area contributed by atoms with Crippen molar-refractivity contribution in [1.82, 2.24) is 0 Å².